The van der Waals surface area contributed by atoms with Gasteiger partial charge in [0.05, 0.1) is 13.2 Å². The summed E-state index contributed by atoms with van der Waals surface area (Å²) in [7, 11) is -4.67. The molecule has 1 saturated heterocycles. The first kappa shape index (κ1) is 36.9. The molecule has 0 aliphatic carbocycles. The summed E-state index contributed by atoms with van der Waals surface area (Å²) in [5.74, 6) is 0. The van der Waals surface area contributed by atoms with E-state index in [1.165, 1.54) is 141 Å². The molecule has 35 heavy (non-hydrogen) atoms. The predicted octanol–water partition coefficient (Wildman–Crippen LogP) is 8.99. The molecule has 6 nitrogen and oxygen atoms in total. The standard InChI is InChI=1S/C26H54O.C2H4O.H2O4S/c1-3-5-7-9-11-13-15-17-19-21-23-25-27-26-24-22-20-18-16-14-12-10-8-6-4-2;1-2-3-1;1-5(2,3)4/h3-26H2,1-2H3;1-2H2;(H2,1,2,3,4). The van der Waals surface area contributed by atoms with Crippen LogP contribution in [0.25, 0.3) is 0 Å². The van der Waals surface area contributed by atoms with Gasteiger partial charge < -0.3 is 9.47 Å². The van der Waals surface area contributed by atoms with Crippen molar-refractivity contribution < 1.29 is 27.0 Å². The van der Waals surface area contributed by atoms with E-state index in [0.29, 0.717) is 0 Å². The Morgan fingerprint density at radius 3 is 0.914 bits per heavy atom. The Balaban J connectivity index is 0. The second-order valence-corrected chi connectivity index (χ2v) is 10.6. The minimum atomic E-state index is -4.67. The summed E-state index contributed by atoms with van der Waals surface area (Å²) < 4.78 is 41.9. The number of unbranched alkanes of at least 4 members (excludes halogenated alkanes) is 20. The minimum Gasteiger partial charge on any atom is -0.381 e. The molecule has 1 rings (SSSR count). The number of epoxide rings is 1. The molecule has 0 unspecified atom stereocenters. The highest BCUT2D eigenvalue weighted by Crippen LogP contribution is 2.12. The molecule has 0 spiro atoms. The van der Waals surface area contributed by atoms with Crippen molar-refractivity contribution in [3.63, 3.8) is 0 Å². The lowest BCUT2D eigenvalue weighted by atomic mass is 10.1. The summed E-state index contributed by atoms with van der Waals surface area (Å²) in [6.45, 7) is 8.58. The quantitative estimate of drug-likeness (QED) is 0.0743. The Labute approximate surface area is 218 Å². The van der Waals surface area contributed by atoms with Gasteiger partial charge >= 0.3 is 10.4 Å². The second kappa shape index (κ2) is 31.8. The van der Waals surface area contributed by atoms with Crippen LogP contribution in [0.1, 0.15) is 155 Å². The highest BCUT2D eigenvalue weighted by Gasteiger charge is 1.96. The lowest BCUT2D eigenvalue weighted by Crippen LogP contribution is -1.97. The topological polar surface area (TPSA) is 96.4 Å². The Morgan fingerprint density at radius 1 is 0.514 bits per heavy atom. The molecule has 0 aromatic carbocycles. The van der Waals surface area contributed by atoms with Crippen LogP contribution in [0.5, 0.6) is 0 Å². The van der Waals surface area contributed by atoms with Gasteiger partial charge in [0.1, 0.15) is 0 Å². The van der Waals surface area contributed by atoms with E-state index < -0.39 is 10.4 Å². The molecule has 0 bridgehead atoms. The van der Waals surface area contributed by atoms with Crippen LogP contribution in [-0.2, 0) is 19.9 Å². The van der Waals surface area contributed by atoms with E-state index >= 15 is 0 Å². The van der Waals surface area contributed by atoms with Gasteiger partial charge in [0.15, 0.2) is 0 Å². The van der Waals surface area contributed by atoms with Gasteiger partial charge in [0.2, 0.25) is 0 Å². The van der Waals surface area contributed by atoms with Gasteiger partial charge in [-0.15, -0.1) is 0 Å². The van der Waals surface area contributed by atoms with E-state index in [1.807, 2.05) is 0 Å². The van der Waals surface area contributed by atoms with E-state index in [9.17, 15) is 0 Å². The van der Waals surface area contributed by atoms with Crippen LogP contribution in [0.2, 0.25) is 0 Å². The molecule has 1 fully saturated rings. The monoisotopic (exact) mass is 524 g/mol. The summed E-state index contributed by atoms with van der Waals surface area (Å²) in [5.41, 5.74) is 0. The zero-order chi connectivity index (χ0) is 26.3. The Bertz CT molecular complexity index is 433. The van der Waals surface area contributed by atoms with Crippen LogP contribution < -0.4 is 0 Å². The zero-order valence-corrected chi connectivity index (χ0v) is 24.1. The van der Waals surface area contributed by atoms with Gasteiger partial charge in [-0.3, -0.25) is 9.11 Å². The largest absolute Gasteiger partial charge is 0.394 e. The summed E-state index contributed by atoms with van der Waals surface area (Å²) in [6, 6.07) is 0. The van der Waals surface area contributed by atoms with Crippen molar-refractivity contribution in [1.82, 2.24) is 0 Å². The molecule has 0 aromatic heterocycles. The molecule has 1 aliphatic rings. The number of hydrogen-bond acceptors (Lipinski definition) is 4. The predicted molar refractivity (Wildman–Crippen MR) is 149 cm³/mol. The van der Waals surface area contributed by atoms with Crippen LogP contribution in [-0.4, -0.2) is 44.0 Å². The highest BCUT2D eigenvalue weighted by molar-refractivity contribution is 7.79. The molecule has 0 amide bonds. The van der Waals surface area contributed by atoms with Crippen molar-refractivity contribution >= 4 is 10.4 Å². The molecule has 0 saturated carbocycles. The third-order valence-corrected chi connectivity index (χ3v) is 5.99. The van der Waals surface area contributed by atoms with Crippen LogP contribution in [0.4, 0.5) is 0 Å². The molecule has 0 atom stereocenters. The second-order valence-electron chi connectivity index (χ2n) is 9.74. The maximum absolute atomic E-state index is 8.74. The van der Waals surface area contributed by atoms with E-state index in [0.717, 1.165) is 26.4 Å². The van der Waals surface area contributed by atoms with E-state index in [-0.39, 0.29) is 0 Å². The highest BCUT2D eigenvalue weighted by atomic mass is 32.3. The average molecular weight is 525 g/mol. The first-order valence-corrected chi connectivity index (χ1v) is 16.2. The molecule has 7 heteroatoms. The molecular formula is C28H60O6S. The van der Waals surface area contributed by atoms with Gasteiger partial charge in [-0.25, -0.2) is 0 Å². The third-order valence-electron chi connectivity index (χ3n) is 5.99. The first-order valence-electron chi connectivity index (χ1n) is 14.8. The average Bonchev–Trinajstić information content (AvgIpc) is 3.68. The van der Waals surface area contributed by atoms with Gasteiger partial charge in [0, 0.05) is 13.2 Å². The summed E-state index contributed by atoms with van der Waals surface area (Å²) in [4.78, 5) is 0. The minimum absolute atomic E-state index is 0.995. The van der Waals surface area contributed by atoms with Crippen molar-refractivity contribution in [2.24, 2.45) is 0 Å². The van der Waals surface area contributed by atoms with Gasteiger partial charge in [0.25, 0.3) is 0 Å². The maximum Gasteiger partial charge on any atom is 0.394 e. The van der Waals surface area contributed by atoms with E-state index in [2.05, 4.69) is 18.6 Å². The molecule has 214 valence electrons. The SMILES string of the molecule is C1CO1.CCCCCCCCCCCCCOCCCCCCCCCCCCC.O=S(=O)(O)O. The fourth-order valence-corrected chi connectivity index (χ4v) is 3.84. The molecular weight excluding hydrogens is 464 g/mol. The fourth-order valence-electron chi connectivity index (χ4n) is 3.84. The number of hydrogen-bond donors (Lipinski definition) is 2. The molecule has 1 heterocycles. The van der Waals surface area contributed by atoms with Gasteiger partial charge in [-0.2, -0.15) is 8.42 Å². The fraction of sp³-hybridized carbons (Fsp3) is 1.00. The van der Waals surface area contributed by atoms with Gasteiger partial charge in [-0.1, -0.05) is 142 Å². The smallest absolute Gasteiger partial charge is 0.381 e. The van der Waals surface area contributed by atoms with Gasteiger partial charge in [-0.05, 0) is 12.8 Å². The van der Waals surface area contributed by atoms with Crippen molar-refractivity contribution in [3.8, 4) is 0 Å². The summed E-state index contributed by atoms with van der Waals surface area (Å²) >= 11 is 0. The molecule has 2 N–H and O–H groups in total. The molecule has 1 aliphatic heterocycles. The van der Waals surface area contributed by atoms with Crippen molar-refractivity contribution in [2.45, 2.75) is 155 Å². The van der Waals surface area contributed by atoms with Crippen LogP contribution >= 0.6 is 0 Å². The summed E-state index contributed by atoms with van der Waals surface area (Å²) in [6.07, 6.45) is 31.1. The van der Waals surface area contributed by atoms with Crippen molar-refractivity contribution in [3.05, 3.63) is 0 Å². The van der Waals surface area contributed by atoms with Crippen molar-refractivity contribution in [1.29, 1.82) is 0 Å². The van der Waals surface area contributed by atoms with E-state index in [1.54, 1.807) is 0 Å². The Morgan fingerprint density at radius 2 is 0.714 bits per heavy atom. The normalized spacial score (nSPS) is 12.5. The Hall–Kier alpha value is -0.210. The molecule has 0 radical (unpaired) electrons. The lowest BCUT2D eigenvalue weighted by molar-refractivity contribution is 0.125. The Kier molecular flexibility index (Phi) is 33.6. The summed E-state index contributed by atoms with van der Waals surface area (Å²) in [5, 5.41) is 0. The van der Waals surface area contributed by atoms with E-state index in [4.69, 9.17) is 22.3 Å². The lowest BCUT2D eigenvalue weighted by Gasteiger charge is -2.05. The van der Waals surface area contributed by atoms with Crippen molar-refractivity contribution in [2.75, 3.05) is 26.4 Å². The first-order chi connectivity index (χ1) is 16.9. The van der Waals surface area contributed by atoms with Crippen LogP contribution in [0.3, 0.4) is 0 Å². The zero-order valence-electron chi connectivity index (χ0n) is 23.3. The number of ether oxygens (including phenoxy) is 2. The third kappa shape index (κ3) is 55.6. The van der Waals surface area contributed by atoms with Crippen LogP contribution in [0, 0.1) is 0 Å². The van der Waals surface area contributed by atoms with Crippen LogP contribution in [0.15, 0.2) is 0 Å². The molecule has 0 aromatic rings. The number of rotatable bonds is 24. The maximum atomic E-state index is 8.74.